The van der Waals surface area contributed by atoms with Gasteiger partial charge >= 0.3 is 0 Å². The Kier molecular flexibility index (Phi) is 2.04. The van der Waals surface area contributed by atoms with Crippen molar-refractivity contribution in [1.82, 2.24) is 0 Å². The quantitative estimate of drug-likeness (QED) is 0.549. The molecule has 0 saturated heterocycles. The standard InChI is InChI=1S/C9H18O/c1-7-4-5-8(10)9(2,3)6-7/h7-8,10H,4-6H2,1-3H3. The van der Waals surface area contributed by atoms with Crippen molar-refractivity contribution in [3.8, 4) is 0 Å². The number of aliphatic hydroxyl groups is 1. The fourth-order valence-electron chi connectivity index (χ4n) is 1.97. The topological polar surface area (TPSA) is 20.2 Å². The van der Waals surface area contributed by atoms with Gasteiger partial charge in [-0.3, -0.25) is 0 Å². The molecule has 1 heteroatoms. The lowest BCUT2D eigenvalue weighted by atomic mass is 9.71. The zero-order valence-corrected chi connectivity index (χ0v) is 7.22. The first-order chi connectivity index (χ1) is 4.52. The first-order valence-corrected chi connectivity index (χ1v) is 4.20. The van der Waals surface area contributed by atoms with Crippen molar-refractivity contribution in [3.05, 3.63) is 0 Å². The van der Waals surface area contributed by atoms with Crippen LogP contribution in [0, 0.1) is 11.3 Å². The lowest BCUT2D eigenvalue weighted by molar-refractivity contribution is -0.00406. The molecule has 1 fully saturated rings. The Bertz CT molecular complexity index is 118. The van der Waals surface area contributed by atoms with Crippen molar-refractivity contribution in [2.45, 2.75) is 46.1 Å². The summed E-state index contributed by atoms with van der Waals surface area (Å²) in [5.74, 6) is 0.804. The Morgan fingerprint density at radius 3 is 2.30 bits per heavy atom. The summed E-state index contributed by atoms with van der Waals surface area (Å²) in [7, 11) is 0. The predicted octanol–water partition coefficient (Wildman–Crippen LogP) is 2.19. The van der Waals surface area contributed by atoms with E-state index in [1.54, 1.807) is 0 Å². The average molecular weight is 142 g/mol. The Balaban J connectivity index is 2.55. The van der Waals surface area contributed by atoms with E-state index in [1.807, 2.05) is 0 Å². The van der Waals surface area contributed by atoms with Gasteiger partial charge in [0.15, 0.2) is 0 Å². The minimum atomic E-state index is -0.0660. The Morgan fingerprint density at radius 1 is 1.30 bits per heavy atom. The normalized spacial score (nSPS) is 39.6. The molecule has 0 aliphatic heterocycles. The van der Waals surface area contributed by atoms with Crippen LogP contribution in [0.25, 0.3) is 0 Å². The van der Waals surface area contributed by atoms with Gasteiger partial charge in [0.1, 0.15) is 0 Å². The molecule has 0 spiro atoms. The number of rotatable bonds is 0. The van der Waals surface area contributed by atoms with Crippen LogP contribution in [0.1, 0.15) is 40.0 Å². The fraction of sp³-hybridized carbons (Fsp3) is 1.00. The lowest BCUT2D eigenvalue weighted by Gasteiger charge is -2.38. The highest BCUT2D eigenvalue weighted by Gasteiger charge is 2.33. The van der Waals surface area contributed by atoms with Gasteiger partial charge in [-0.15, -0.1) is 0 Å². The molecule has 10 heavy (non-hydrogen) atoms. The van der Waals surface area contributed by atoms with Gasteiger partial charge in [-0.05, 0) is 30.6 Å². The molecule has 2 unspecified atom stereocenters. The third-order valence-electron chi connectivity index (χ3n) is 2.71. The van der Waals surface area contributed by atoms with Gasteiger partial charge < -0.3 is 5.11 Å². The van der Waals surface area contributed by atoms with Crippen LogP contribution in [0.4, 0.5) is 0 Å². The minimum Gasteiger partial charge on any atom is -0.393 e. The molecule has 0 radical (unpaired) electrons. The highest BCUT2D eigenvalue weighted by Crippen LogP contribution is 2.38. The fourth-order valence-corrected chi connectivity index (χ4v) is 1.97. The van der Waals surface area contributed by atoms with Gasteiger partial charge in [0.2, 0.25) is 0 Å². The SMILES string of the molecule is CC1CCC(O)C(C)(C)C1. The highest BCUT2D eigenvalue weighted by molar-refractivity contribution is 4.84. The summed E-state index contributed by atoms with van der Waals surface area (Å²) in [6, 6.07) is 0. The lowest BCUT2D eigenvalue weighted by Crippen LogP contribution is -2.35. The van der Waals surface area contributed by atoms with Gasteiger partial charge in [-0.1, -0.05) is 20.8 Å². The van der Waals surface area contributed by atoms with E-state index in [1.165, 1.54) is 12.8 Å². The predicted molar refractivity (Wildman–Crippen MR) is 42.8 cm³/mol. The third-order valence-corrected chi connectivity index (χ3v) is 2.71. The van der Waals surface area contributed by atoms with Crippen molar-refractivity contribution >= 4 is 0 Å². The minimum absolute atomic E-state index is 0.0660. The van der Waals surface area contributed by atoms with Crippen LogP contribution in [0.15, 0.2) is 0 Å². The summed E-state index contributed by atoms with van der Waals surface area (Å²) in [5, 5.41) is 9.55. The molecule has 1 aliphatic rings. The Morgan fingerprint density at radius 2 is 1.90 bits per heavy atom. The molecule has 0 aromatic carbocycles. The molecule has 1 N–H and O–H groups in total. The molecule has 60 valence electrons. The van der Waals surface area contributed by atoms with Crippen LogP contribution in [0.2, 0.25) is 0 Å². The van der Waals surface area contributed by atoms with Crippen LogP contribution in [0.3, 0.4) is 0 Å². The summed E-state index contributed by atoms with van der Waals surface area (Å²) in [6.07, 6.45) is 3.30. The molecule has 1 nitrogen and oxygen atoms in total. The Hall–Kier alpha value is -0.0400. The van der Waals surface area contributed by atoms with Crippen LogP contribution in [0.5, 0.6) is 0 Å². The number of hydrogen-bond acceptors (Lipinski definition) is 1. The molecule has 0 bridgehead atoms. The average Bonchev–Trinajstić information content (AvgIpc) is 1.78. The van der Waals surface area contributed by atoms with Crippen molar-refractivity contribution in [2.75, 3.05) is 0 Å². The highest BCUT2D eigenvalue weighted by atomic mass is 16.3. The zero-order valence-electron chi connectivity index (χ0n) is 7.22. The van der Waals surface area contributed by atoms with E-state index in [0.717, 1.165) is 12.3 Å². The monoisotopic (exact) mass is 142 g/mol. The summed E-state index contributed by atoms with van der Waals surface area (Å²) in [6.45, 7) is 6.59. The van der Waals surface area contributed by atoms with E-state index in [9.17, 15) is 5.11 Å². The molecule has 1 saturated carbocycles. The second kappa shape index (κ2) is 2.54. The number of hydrogen-bond donors (Lipinski definition) is 1. The maximum atomic E-state index is 9.55. The first-order valence-electron chi connectivity index (χ1n) is 4.20. The van der Waals surface area contributed by atoms with E-state index in [4.69, 9.17) is 0 Å². The molecular formula is C9H18O. The van der Waals surface area contributed by atoms with Crippen molar-refractivity contribution < 1.29 is 5.11 Å². The molecule has 0 heterocycles. The summed E-state index contributed by atoms with van der Waals surface area (Å²) in [5.41, 5.74) is 0.164. The zero-order chi connectivity index (χ0) is 7.78. The Labute approximate surface area is 63.4 Å². The smallest absolute Gasteiger partial charge is 0.0591 e. The van der Waals surface area contributed by atoms with Crippen LogP contribution < -0.4 is 0 Å². The second-order valence-electron chi connectivity index (χ2n) is 4.39. The van der Waals surface area contributed by atoms with E-state index < -0.39 is 0 Å². The van der Waals surface area contributed by atoms with E-state index >= 15 is 0 Å². The van der Waals surface area contributed by atoms with Crippen molar-refractivity contribution in [3.63, 3.8) is 0 Å². The molecule has 0 amide bonds. The van der Waals surface area contributed by atoms with Gasteiger partial charge in [0.25, 0.3) is 0 Å². The van der Waals surface area contributed by atoms with E-state index in [-0.39, 0.29) is 11.5 Å². The second-order valence-corrected chi connectivity index (χ2v) is 4.39. The van der Waals surface area contributed by atoms with Gasteiger partial charge in [0, 0.05) is 0 Å². The van der Waals surface area contributed by atoms with Crippen LogP contribution in [-0.2, 0) is 0 Å². The summed E-state index contributed by atoms with van der Waals surface area (Å²) in [4.78, 5) is 0. The van der Waals surface area contributed by atoms with Gasteiger partial charge in [-0.2, -0.15) is 0 Å². The largest absolute Gasteiger partial charge is 0.393 e. The van der Waals surface area contributed by atoms with Crippen molar-refractivity contribution in [1.29, 1.82) is 0 Å². The number of aliphatic hydroxyl groups excluding tert-OH is 1. The summed E-state index contributed by atoms with van der Waals surface area (Å²) >= 11 is 0. The van der Waals surface area contributed by atoms with Gasteiger partial charge in [-0.25, -0.2) is 0 Å². The van der Waals surface area contributed by atoms with E-state index in [0.29, 0.717) is 0 Å². The molecular weight excluding hydrogens is 124 g/mol. The van der Waals surface area contributed by atoms with Crippen LogP contribution >= 0.6 is 0 Å². The van der Waals surface area contributed by atoms with Gasteiger partial charge in [0.05, 0.1) is 6.10 Å². The molecule has 1 rings (SSSR count). The molecule has 0 aromatic rings. The maximum Gasteiger partial charge on any atom is 0.0591 e. The molecule has 2 atom stereocenters. The van der Waals surface area contributed by atoms with Crippen molar-refractivity contribution in [2.24, 2.45) is 11.3 Å². The third kappa shape index (κ3) is 1.51. The maximum absolute atomic E-state index is 9.55. The molecule has 1 aliphatic carbocycles. The van der Waals surface area contributed by atoms with Crippen LogP contribution in [-0.4, -0.2) is 11.2 Å². The van der Waals surface area contributed by atoms with E-state index in [2.05, 4.69) is 20.8 Å². The molecule has 0 aromatic heterocycles. The first kappa shape index (κ1) is 8.06. The summed E-state index contributed by atoms with van der Waals surface area (Å²) < 4.78 is 0.